The Hall–Kier alpha value is -5.27. The number of amides is 2. The largest absolute Gasteiger partial charge is 0.447 e. The van der Waals surface area contributed by atoms with E-state index in [2.05, 4.69) is 30.6 Å². The monoisotopic (exact) mass is 685 g/mol. The van der Waals surface area contributed by atoms with Gasteiger partial charge in [0.05, 0.1) is 16.8 Å². The molecule has 0 spiro atoms. The van der Waals surface area contributed by atoms with Gasteiger partial charge in [-0.3, -0.25) is 14.7 Å². The van der Waals surface area contributed by atoms with Gasteiger partial charge in [-0.1, -0.05) is 17.7 Å². The van der Waals surface area contributed by atoms with Crippen LogP contribution in [0.2, 0.25) is 5.02 Å². The quantitative estimate of drug-likeness (QED) is 0.151. The molecule has 4 aromatic rings. The molecule has 5 rings (SSSR count). The Balaban J connectivity index is 1.55. The average molecular weight is 686 g/mol. The summed E-state index contributed by atoms with van der Waals surface area (Å²) in [5.41, 5.74) is 3.12. The van der Waals surface area contributed by atoms with Gasteiger partial charge in [-0.25, -0.2) is 27.6 Å². The summed E-state index contributed by atoms with van der Waals surface area (Å²) in [5.74, 6) is -3.19. The van der Waals surface area contributed by atoms with E-state index in [9.17, 15) is 31.5 Å². The van der Waals surface area contributed by atoms with Crippen molar-refractivity contribution in [1.82, 2.24) is 45.2 Å². The number of ether oxygens (including phenoxy) is 1. The number of carbonyl (C=O) groups is 2. The maximum atomic E-state index is 15.1. The third kappa shape index (κ3) is 6.67. The summed E-state index contributed by atoms with van der Waals surface area (Å²) < 4.78 is 89.7. The van der Waals surface area contributed by atoms with Crippen LogP contribution in [0.25, 0.3) is 11.4 Å². The lowest BCUT2D eigenvalue weighted by Crippen LogP contribution is -2.49. The summed E-state index contributed by atoms with van der Waals surface area (Å²) in [6.45, 7) is -0.840. The molecule has 248 valence electrons. The number of aromatic nitrogens is 7. The number of aliphatic imine (C=N–C) groups is 1. The van der Waals surface area contributed by atoms with Gasteiger partial charge in [-0.2, -0.15) is 23.0 Å². The van der Waals surface area contributed by atoms with Crippen LogP contribution >= 0.6 is 11.6 Å². The highest BCUT2D eigenvalue weighted by atomic mass is 35.5. The molecular formula is C26H22ClF6N11O3. The first-order chi connectivity index (χ1) is 22.3. The molecule has 1 fully saturated rings. The summed E-state index contributed by atoms with van der Waals surface area (Å²) in [5, 5.41) is 15.9. The van der Waals surface area contributed by atoms with Crippen molar-refractivity contribution in [3.05, 3.63) is 76.8 Å². The fraction of sp³-hybridized carbons (Fsp3) is 0.308. The number of nitrogens with two attached hydrogens (primary N) is 1. The van der Waals surface area contributed by atoms with Crippen LogP contribution < -0.4 is 11.1 Å². The molecule has 21 heteroatoms. The van der Waals surface area contributed by atoms with Gasteiger partial charge in [-0.05, 0) is 59.2 Å². The SMILES string of the molecule is CN=C(N)N(C(=O)c1ccc(-n2cnnn2)c(F)c1)[C@H](COC(=O)NC1(C(F)(F)F)CC1)c1ccc(Cl)c(-n2ncnc2C(F)F)c1. The molecule has 14 nitrogen and oxygen atoms in total. The van der Waals surface area contributed by atoms with Crippen molar-refractivity contribution < 1.29 is 40.7 Å². The number of benzene rings is 2. The van der Waals surface area contributed by atoms with E-state index in [0.29, 0.717) is 0 Å². The minimum atomic E-state index is -4.75. The molecule has 47 heavy (non-hydrogen) atoms. The van der Waals surface area contributed by atoms with Crippen LogP contribution in [0.1, 0.15) is 47.1 Å². The lowest BCUT2D eigenvalue weighted by molar-refractivity contribution is -0.164. The lowest BCUT2D eigenvalue weighted by Gasteiger charge is -2.31. The van der Waals surface area contributed by atoms with E-state index < -0.39 is 60.4 Å². The number of alkyl carbamates (subject to hydrolysis) is 1. The molecule has 0 saturated heterocycles. The highest BCUT2D eigenvalue weighted by Gasteiger charge is 2.64. The molecule has 3 N–H and O–H groups in total. The molecule has 2 heterocycles. The van der Waals surface area contributed by atoms with E-state index in [0.717, 1.165) is 33.0 Å². The fourth-order valence-electron chi connectivity index (χ4n) is 4.54. The number of alkyl halides is 5. The first-order valence-corrected chi connectivity index (χ1v) is 13.7. The van der Waals surface area contributed by atoms with Gasteiger partial charge in [0.15, 0.2) is 11.8 Å². The van der Waals surface area contributed by atoms with E-state index in [1.165, 1.54) is 37.4 Å². The van der Waals surface area contributed by atoms with Gasteiger partial charge in [-0.15, -0.1) is 5.10 Å². The van der Waals surface area contributed by atoms with Gasteiger partial charge < -0.3 is 15.8 Å². The van der Waals surface area contributed by atoms with Gasteiger partial charge in [0.1, 0.15) is 36.3 Å². The standard InChI is InChI=1S/C26H22ClF6N11O3/c1-35-23(34)43(22(45)14-3-5-17(16(28)8-14)42-12-37-40-41-42)19(10-47-24(46)39-25(6-7-25)26(31,32)33)13-2-4-15(27)18(9-13)44-21(20(29)30)36-11-38-44/h2-5,8-9,11-12,19-20H,6-7,10H2,1H3,(H2,34,35)(H,39,46)/t19-/m1/s1. The van der Waals surface area contributed by atoms with Crippen molar-refractivity contribution in [2.24, 2.45) is 10.7 Å². The second-order valence-corrected chi connectivity index (χ2v) is 10.4. The highest BCUT2D eigenvalue weighted by molar-refractivity contribution is 6.32. The summed E-state index contributed by atoms with van der Waals surface area (Å²) >= 11 is 6.30. The van der Waals surface area contributed by atoms with Crippen LogP contribution in [0, 0.1) is 5.82 Å². The van der Waals surface area contributed by atoms with Crippen LogP contribution in [0.5, 0.6) is 0 Å². The Morgan fingerprint density at radius 2 is 1.94 bits per heavy atom. The first kappa shape index (κ1) is 33.1. The maximum absolute atomic E-state index is 15.1. The third-order valence-electron chi connectivity index (χ3n) is 7.16. The van der Waals surface area contributed by atoms with Gasteiger partial charge >= 0.3 is 12.3 Å². The van der Waals surface area contributed by atoms with Crippen molar-refractivity contribution in [3.8, 4) is 11.4 Å². The van der Waals surface area contributed by atoms with Crippen molar-refractivity contribution in [2.45, 2.75) is 37.0 Å². The van der Waals surface area contributed by atoms with E-state index in [4.69, 9.17) is 22.1 Å². The van der Waals surface area contributed by atoms with Crippen LogP contribution in [-0.4, -0.2) is 83.2 Å². The van der Waals surface area contributed by atoms with E-state index in [-0.39, 0.29) is 40.4 Å². The molecule has 0 radical (unpaired) electrons. The number of hydrogen-bond donors (Lipinski definition) is 2. The zero-order valence-electron chi connectivity index (χ0n) is 23.9. The molecule has 1 aliphatic carbocycles. The Bertz CT molecular complexity index is 1810. The smallest absolute Gasteiger partial charge is 0.411 e. The fourth-order valence-corrected chi connectivity index (χ4v) is 4.74. The first-order valence-electron chi connectivity index (χ1n) is 13.3. The number of guanidine groups is 1. The van der Waals surface area contributed by atoms with Crippen LogP contribution in [-0.2, 0) is 4.74 Å². The zero-order valence-corrected chi connectivity index (χ0v) is 24.6. The van der Waals surface area contributed by atoms with Gasteiger partial charge in [0.25, 0.3) is 12.3 Å². The molecule has 1 aliphatic rings. The number of carbonyl (C=O) groups excluding carboxylic acids is 2. The minimum absolute atomic E-state index is 0.0237. The summed E-state index contributed by atoms with van der Waals surface area (Å²) in [4.78, 5) is 34.7. The topological polar surface area (TPSA) is 171 Å². The average Bonchev–Trinajstić information content (AvgIpc) is 3.39. The number of nitrogens with zero attached hydrogens (tertiary/aromatic N) is 9. The van der Waals surface area contributed by atoms with Crippen molar-refractivity contribution in [3.63, 3.8) is 0 Å². The molecule has 2 amide bonds. The Labute approximate surface area is 265 Å². The molecule has 0 bridgehead atoms. The molecule has 0 unspecified atom stereocenters. The third-order valence-corrected chi connectivity index (χ3v) is 7.48. The van der Waals surface area contributed by atoms with E-state index >= 15 is 4.39 Å². The van der Waals surface area contributed by atoms with Crippen molar-refractivity contribution in [1.29, 1.82) is 0 Å². The summed E-state index contributed by atoms with van der Waals surface area (Å²) in [6, 6.07) is 5.53. The highest BCUT2D eigenvalue weighted by Crippen LogP contribution is 2.49. The van der Waals surface area contributed by atoms with Crippen molar-refractivity contribution >= 4 is 29.6 Å². The van der Waals surface area contributed by atoms with Crippen LogP contribution in [0.15, 0.2) is 54.0 Å². The summed E-state index contributed by atoms with van der Waals surface area (Å²) in [6.07, 6.45) is -8.06. The molecule has 1 saturated carbocycles. The molecule has 2 aromatic heterocycles. The second-order valence-electron chi connectivity index (χ2n) is 10.0. The molecule has 2 aromatic carbocycles. The van der Waals surface area contributed by atoms with E-state index in [1.54, 1.807) is 5.32 Å². The number of nitrogens with one attached hydrogen (secondary N) is 1. The zero-order chi connectivity index (χ0) is 34.1. The van der Waals surface area contributed by atoms with Gasteiger partial charge in [0, 0.05) is 12.6 Å². The normalized spacial score (nSPS) is 15.0. The molecule has 1 atom stereocenters. The van der Waals surface area contributed by atoms with Crippen molar-refractivity contribution in [2.75, 3.05) is 13.7 Å². The predicted octanol–water partition coefficient (Wildman–Crippen LogP) is 3.92. The number of rotatable bonds is 9. The Morgan fingerprint density at radius 3 is 2.53 bits per heavy atom. The summed E-state index contributed by atoms with van der Waals surface area (Å²) in [7, 11) is 1.21. The Kier molecular flexibility index (Phi) is 9.05. The lowest BCUT2D eigenvalue weighted by atomic mass is 10.0. The molecule has 0 aliphatic heterocycles. The maximum Gasteiger partial charge on any atom is 0.411 e. The molecular weight excluding hydrogens is 664 g/mol. The predicted molar refractivity (Wildman–Crippen MR) is 149 cm³/mol. The number of tetrazole rings is 1. The number of hydrogen-bond acceptors (Lipinski definition) is 9. The minimum Gasteiger partial charge on any atom is -0.447 e. The van der Waals surface area contributed by atoms with Crippen LogP contribution in [0.3, 0.4) is 0 Å². The van der Waals surface area contributed by atoms with Crippen LogP contribution in [0.4, 0.5) is 31.1 Å². The second kappa shape index (κ2) is 12.9. The Morgan fingerprint density at radius 1 is 1.19 bits per heavy atom. The number of halogens is 7. The van der Waals surface area contributed by atoms with Gasteiger partial charge in [0.2, 0.25) is 0 Å². The van der Waals surface area contributed by atoms with E-state index in [1.807, 2.05) is 0 Å².